The van der Waals surface area contributed by atoms with Crippen LogP contribution in [0.1, 0.15) is 29.8 Å². The number of ether oxygens (including phenoxy) is 2. The van der Waals surface area contributed by atoms with Gasteiger partial charge in [-0.3, -0.25) is 0 Å². The zero-order valence-electron chi connectivity index (χ0n) is 11.7. The predicted octanol–water partition coefficient (Wildman–Crippen LogP) is 3.67. The Labute approximate surface area is 119 Å². The molecule has 0 unspecified atom stereocenters. The molecule has 0 bridgehead atoms. The van der Waals surface area contributed by atoms with E-state index in [2.05, 4.69) is 4.74 Å². The van der Waals surface area contributed by atoms with Crippen LogP contribution < -0.4 is 0 Å². The van der Waals surface area contributed by atoms with E-state index in [1.54, 1.807) is 0 Å². The molecule has 1 rings (SSSR count). The highest BCUT2D eigenvalue weighted by Gasteiger charge is 2.32. The summed E-state index contributed by atoms with van der Waals surface area (Å²) in [6.45, 7) is 4.29. The third kappa shape index (κ3) is 5.71. The van der Waals surface area contributed by atoms with Crippen molar-refractivity contribution in [3.63, 3.8) is 0 Å². The van der Waals surface area contributed by atoms with Crippen molar-refractivity contribution in [2.45, 2.75) is 20.0 Å². The van der Waals surface area contributed by atoms with Crippen LogP contribution in [0.5, 0.6) is 0 Å². The third-order valence-electron chi connectivity index (χ3n) is 2.43. The maximum atomic E-state index is 13.4. The number of benzene rings is 1. The van der Waals surface area contributed by atoms with Gasteiger partial charge in [-0.15, -0.1) is 0 Å². The van der Waals surface area contributed by atoms with Crippen molar-refractivity contribution in [1.82, 2.24) is 0 Å². The second-order valence-corrected chi connectivity index (χ2v) is 4.80. The molecule has 0 fully saturated rings. The number of esters is 1. The minimum absolute atomic E-state index is 0.102. The van der Waals surface area contributed by atoms with Crippen LogP contribution in [0.25, 0.3) is 0 Å². The quantitative estimate of drug-likeness (QED) is 0.457. The number of carbonyl (C=O) groups is 1. The van der Waals surface area contributed by atoms with Gasteiger partial charge in [-0.25, -0.2) is 9.18 Å². The van der Waals surface area contributed by atoms with E-state index in [1.165, 1.54) is 0 Å². The van der Waals surface area contributed by atoms with Crippen LogP contribution >= 0.6 is 0 Å². The van der Waals surface area contributed by atoms with Gasteiger partial charge in [-0.05, 0) is 24.1 Å². The molecular formula is C14H16F4O3. The van der Waals surface area contributed by atoms with Gasteiger partial charge >= 0.3 is 12.1 Å². The molecule has 0 spiro atoms. The van der Waals surface area contributed by atoms with Gasteiger partial charge in [0.25, 0.3) is 0 Å². The molecular weight excluding hydrogens is 292 g/mol. The van der Waals surface area contributed by atoms with Crippen LogP contribution in [0.3, 0.4) is 0 Å². The van der Waals surface area contributed by atoms with E-state index in [9.17, 15) is 22.4 Å². The van der Waals surface area contributed by atoms with E-state index in [0.717, 1.165) is 0 Å². The molecule has 1 aromatic carbocycles. The van der Waals surface area contributed by atoms with Crippen molar-refractivity contribution < 1.29 is 31.8 Å². The van der Waals surface area contributed by atoms with Gasteiger partial charge in [-0.1, -0.05) is 13.8 Å². The minimum atomic E-state index is -4.65. The normalized spacial score (nSPS) is 11.8. The highest BCUT2D eigenvalue weighted by molar-refractivity contribution is 5.90. The molecule has 0 atom stereocenters. The van der Waals surface area contributed by atoms with E-state index in [4.69, 9.17) is 4.74 Å². The SMILES string of the molecule is CC(C)COCCOC(=O)c1cc(C(F)(F)F)ccc1F. The molecule has 0 amide bonds. The zero-order valence-corrected chi connectivity index (χ0v) is 11.7. The summed E-state index contributed by atoms with van der Waals surface area (Å²) in [6, 6.07) is 1.60. The summed E-state index contributed by atoms with van der Waals surface area (Å²) < 4.78 is 60.7. The summed E-state index contributed by atoms with van der Waals surface area (Å²) in [4.78, 5) is 11.6. The van der Waals surface area contributed by atoms with Crippen LogP contribution in [0, 0.1) is 11.7 Å². The third-order valence-corrected chi connectivity index (χ3v) is 2.43. The van der Waals surface area contributed by atoms with E-state index in [0.29, 0.717) is 30.7 Å². The molecule has 0 aliphatic heterocycles. The first kappa shape index (κ1) is 17.4. The standard InChI is InChI=1S/C14H16F4O3/c1-9(2)8-20-5-6-21-13(19)11-7-10(14(16,17)18)3-4-12(11)15/h3-4,7,9H,5-6,8H2,1-2H3. The predicted molar refractivity (Wildman–Crippen MR) is 67.3 cm³/mol. The molecule has 7 heteroatoms. The number of halogens is 4. The van der Waals surface area contributed by atoms with Crippen molar-refractivity contribution in [2.24, 2.45) is 5.92 Å². The average Bonchev–Trinajstić information content (AvgIpc) is 2.36. The fourth-order valence-corrected chi connectivity index (χ4v) is 1.45. The molecule has 118 valence electrons. The van der Waals surface area contributed by atoms with E-state index in [1.807, 2.05) is 13.8 Å². The largest absolute Gasteiger partial charge is 0.460 e. The number of hydrogen-bond donors (Lipinski definition) is 0. The first-order chi connectivity index (χ1) is 9.71. The van der Waals surface area contributed by atoms with Gasteiger partial charge in [0.15, 0.2) is 0 Å². The first-order valence-electron chi connectivity index (χ1n) is 6.33. The van der Waals surface area contributed by atoms with Crippen LogP contribution in [0.4, 0.5) is 17.6 Å². The number of alkyl halides is 3. The summed E-state index contributed by atoms with van der Waals surface area (Å²) in [5, 5.41) is 0. The topological polar surface area (TPSA) is 35.5 Å². The van der Waals surface area contributed by atoms with Crippen LogP contribution in [0.2, 0.25) is 0 Å². The zero-order chi connectivity index (χ0) is 16.0. The highest BCUT2D eigenvalue weighted by Crippen LogP contribution is 2.30. The molecule has 0 aromatic heterocycles. The first-order valence-corrected chi connectivity index (χ1v) is 6.33. The Morgan fingerprint density at radius 3 is 2.48 bits per heavy atom. The molecule has 0 N–H and O–H groups in total. The maximum Gasteiger partial charge on any atom is 0.416 e. The van der Waals surface area contributed by atoms with E-state index >= 15 is 0 Å². The minimum Gasteiger partial charge on any atom is -0.460 e. The monoisotopic (exact) mass is 308 g/mol. The van der Waals surface area contributed by atoms with Crippen LogP contribution in [-0.2, 0) is 15.7 Å². The van der Waals surface area contributed by atoms with Gasteiger partial charge in [0.05, 0.1) is 17.7 Å². The van der Waals surface area contributed by atoms with Gasteiger partial charge in [0, 0.05) is 6.61 Å². The Morgan fingerprint density at radius 2 is 1.90 bits per heavy atom. The van der Waals surface area contributed by atoms with Crippen molar-refractivity contribution in [2.75, 3.05) is 19.8 Å². The summed E-state index contributed by atoms with van der Waals surface area (Å²) in [5.74, 6) is -1.90. The maximum absolute atomic E-state index is 13.4. The lowest BCUT2D eigenvalue weighted by Gasteiger charge is -2.10. The average molecular weight is 308 g/mol. The van der Waals surface area contributed by atoms with Gasteiger partial charge in [-0.2, -0.15) is 13.2 Å². The summed E-state index contributed by atoms with van der Waals surface area (Å²) in [5.41, 5.74) is -1.85. The van der Waals surface area contributed by atoms with Crippen molar-refractivity contribution in [3.8, 4) is 0 Å². The second kappa shape index (κ2) is 7.40. The number of rotatable bonds is 6. The Kier molecular flexibility index (Phi) is 6.14. The lowest BCUT2D eigenvalue weighted by atomic mass is 10.1. The molecule has 3 nitrogen and oxygen atoms in total. The highest BCUT2D eigenvalue weighted by atomic mass is 19.4. The fraction of sp³-hybridized carbons (Fsp3) is 0.500. The van der Waals surface area contributed by atoms with Crippen molar-refractivity contribution >= 4 is 5.97 Å². The fourth-order valence-electron chi connectivity index (χ4n) is 1.45. The van der Waals surface area contributed by atoms with Gasteiger partial charge < -0.3 is 9.47 Å². The molecule has 0 aliphatic carbocycles. The summed E-state index contributed by atoms with van der Waals surface area (Å²) in [6.07, 6.45) is -4.65. The molecule has 0 saturated heterocycles. The lowest BCUT2D eigenvalue weighted by molar-refractivity contribution is -0.137. The lowest BCUT2D eigenvalue weighted by Crippen LogP contribution is -2.15. The van der Waals surface area contributed by atoms with Crippen LogP contribution in [0.15, 0.2) is 18.2 Å². The molecule has 0 aliphatic rings. The smallest absolute Gasteiger partial charge is 0.416 e. The molecule has 0 heterocycles. The molecule has 0 saturated carbocycles. The summed E-state index contributed by atoms with van der Waals surface area (Å²) in [7, 11) is 0. The Hall–Kier alpha value is -1.63. The Balaban J connectivity index is 2.61. The van der Waals surface area contributed by atoms with Gasteiger partial charge in [0.1, 0.15) is 12.4 Å². The summed E-state index contributed by atoms with van der Waals surface area (Å²) >= 11 is 0. The van der Waals surface area contributed by atoms with Gasteiger partial charge in [0.2, 0.25) is 0 Å². The molecule has 0 radical (unpaired) electrons. The van der Waals surface area contributed by atoms with E-state index in [-0.39, 0.29) is 13.2 Å². The second-order valence-electron chi connectivity index (χ2n) is 4.80. The number of carbonyl (C=O) groups excluding carboxylic acids is 1. The Bertz CT molecular complexity index is 484. The van der Waals surface area contributed by atoms with E-state index < -0.39 is 29.1 Å². The van der Waals surface area contributed by atoms with Crippen LogP contribution in [-0.4, -0.2) is 25.8 Å². The molecule has 21 heavy (non-hydrogen) atoms. The van der Waals surface area contributed by atoms with Crippen molar-refractivity contribution in [1.29, 1.82) is 0 Å². The Morgan fingerprint density at radius 1 is 1.24 bits per heavy atom. The van der Waals surface area contributed by atoms with Crippen molar-refractivity contribution in [3.05, 3.63) is 35.1 Å². The molecule has 1 aromatic rings. The number of hydrogen-bond acceptors (Lipinski definition) is 3.